The summed E-state index contributed by atoms with van der Waals surface area (Å²) in [7, 11) is 2.17. The second kappa shape index (κ2) is 9.19. The maximum atomic E-state index is 12.7. The Morgan fingerprint density at radius 3 is 2.55 bits per heavy atom. The molecular weight excluding hydrogens is 382 g/mol. The van der Waals surface area contributed by atoms with Gasteiger partial charge in [0.25, 0.3) is 5.91 Å². The number of nitrogens with one attached hydrogen (secondary N) is 1. The van der Waals surface area contributed by atoms with Gasteiger partial charge in [-0.15, -0.1) is 0 Å². The number of amides is 1. The van der Waals surface area contributed by atoms with Crippen molar-refractivity contribution in [3.63, 3.8) is 0 Å². The van der Waals surface area contributed by atoms with Crippen molar-refractivity contribution in [3.05, 3.63) is 64.2 Å². The van der Waals surface area contributed by atoms with Crippen molar-refractivity contribution in [2.24, 2.45) is 0 Å². The number of carbonyl (C=O) groups is 1. The molecule has 1 N–H and O–H groups in total. The van der Waals surface area contributed by atoms with Crippen LogP contribution in [0, 0.1) is 0 Å². The molecule has 5 heteroatoms. The third kappa shape index (κ3) is 4.76. The summed E-state index contributed by atoms with van der Waals surface area (Å²) in [6, 6.07) is 14.2. The maximum absolute atomic E-state index is 12.7. The van der Waals surface area contributed by atoms with E-state index in [1.807, 2.05) is 0 Å². The standard InChI is InChI=1S/C24H30ClN3O/c1-27-13-5-6-19-16-20(9-12-22(19)27)23(28-14-3-2-4-15-28)17-26-24(29)18-7-10-21(25)11-8-18/h7-12,16,23H,2-6,13-15,17H2,1H3,(H,26,29)/t23-/m1/s1. The second-order valence-electron chi connectivity index (χ2n) is 8.24. The topological polar surface area (TPSA) is 35.6 Å². The number of piperidine rings is 1. The number of halogens is 1. The number of nitrogens with zero attached hydrogens (tertiary/aromatic N) is 2. The van der Waals surface area contributed by atoms with E-state index >= 15 is 0 Å². The van der Waals surface area contributed by atoms with E-state index in [2.05, 4.69) is 40.4 Å². The van der Waals surface area contributed by atoms with Crippen LogP contribution in [0.5, 0.6) is 0 Å². The van der Waals surface area contributed by atoms with Crippen molar-refractivity contribution in [1.82, 2.24) is 10.2 Å². The van der Waals surface area contributed by atoms with E-state index in [0.29, 0.717) is 17.1 Å². The molecule has 29 heavy (non-hydrogen) atoms. The molecule has 0 unspecified atom stereocenters. The van der Waals surface area contributed by atoms with Crippen LogP contribution in [0.25, 0.3) is 0 Å². The zero-order valence-electron chi connectivity index (χ0n) is 17.2. The van der Waals surface area contributed by atoms with Gasteiger partial charge in [-0.25, -0.2) is 0 Å². The van der Waals surface area contributed by atoms with Gasteiger partial charge in [-0.1, -0.05) is 30.2 Å². The van der Waals surface area contributed by atoms with Gasteiger partial charge in [-0.3, -0.25) is 9.69 Å². The Hall–Kier alpha value is -2.04. The number of benzene rings is 2. The second-order valence-corrected chi connectivity index (χ2v) is 8.68. The number of anilines is 1. The Labute approximate surface area is 178 Å². The number of fused-ring (bicyclic) bond motifs is 1. The van der Waals surface area contributed by atoms with Crippen LogP contribution in [0.4, 0.5) is 5.69 Å². The molecule has 1 saturated heterocycles. The number of rotatable bonds is 5. The summed E-state index contributed by atoms with van der Waals surface area (Å²) in [5, 5.41) is 3.81. The molecule has 0 spiro atoms. The summed E-state index contributed by atoms with van der Waals surface area (Å²) in [4.78, 5) is 17.6. The first kappa shape index (κ1) is 20.2. The van der Waals surface area contributed by atoms with Gasteiger partial charge in [-0.05, 0) is 80.2 Å². The first-order chi connectivity index (χ1) is 14.1. The minimum atomic E-state index is -0.0404. The fourth-order valence-electron chi connectivity index (χ4n) is 4.59. The van der Waals surface area contributed by atoms with E-state index in [4.69, 9.17) is 11.6 Å². The first-order valence-corrected chi connectivity index (χ1v) is 11.1. The molecule has 0 radical (unpaired) electrons. The van der Waals surface area contributed by atoms with E-state index in [0.717, 1.165) is 26.1 Å². The van der Waals surface area contributed by atoms with Crippen molar-refractivity contribution in [2.75, 3.05) is 38.1 Å². The Balaban J connectivity index is 1.53. The van der Waals surface area contributed by atoms with Crippen LogP contribution >= 0.6 is 11.6 Å². The van der Waals surface area contributed by atoms with Crippen molar-refractivity contribution >= 4 is 23.2 Å². The number of hydrogen-bond donors (Lipinski definition) is 1. The molecule has 4 nitrogen and oxygen atoms in total. The summed E-state index contributed by atoms with van der Waals surface area (Å²) >= 11 is 5.95. The lowest BCUT2D eigenvalue weighted by Crippen LogP contribution is -2.40. The molecule has 0 bridgehead atoms. The smallest absolute Gasteiger partial charge is 0.251 e. The van der Waals surface area contributed by atoms with Gasteiger partial charge >= 0.3 is 0 Å². The van der Waals surface area contributed by atoms with Gasteiger partial charge in [0.05, 0.1) is 6.04 Å². The van der Waals surface area contributed by atoms with Crippen LogP contribution in [0.2, 0.25) is 5.02 Å². The minimum Gasteiger partial charge on any atom is -0.374 e. The van der Waals surface area contributed by atoms with Crippen LogP contribution in [0.1, 0.15) is 53.2 Å². The lowest BCUT2D eigenvalue weighted by molar-refractivity contribution is 0.0924. The fraction of sp³-hybridized carbons (Fsp3) is 0.458. The van der Waals surface area contributed by atoms with Gasteiger partial charge in [0.15, 0.2) is 0 Å². The van der Waals surface area contributed by atoms with Gasteiger partial charge in [0.1, 0.15) is 0 Å². The Bertz CT molecular complexity index is 846. The summed E-state index contributed by atoms with van der Waals surface area (Å²) < 4.78 is 0. The molecule has 2 aromatic rings. The Morgan fingerprint density at radius 2 is 1.79 bits per heavy atom. The quantitative estimate of drug-likeness (QED) is 0.775. The molecule has 2 aliphatic heterocycles. The average Bonchev–Trinajstić information content (AvgIpc) is 2.75. The number of carbonyl (C=O) groups excluding carboxylic acids is 1. The molecule has 154 valence electrons. The highest BCUT2D eigenvalue weighted by atomic mass is 35.5. The molecule has 1 atom stereocenters. The minimum absolute atomic E-state index is 0.0404. The van der Waals surface area contributed by atoms with Gasteiger partial charge in [0, 0.05) is 36.4 Å². The largest absolute Gasteiger partial charge is 0.374 e. The van der Waals surface area contributed by atoms with Crippen LogP contribution in [0.3, 0.4) is 0 Å². The molecule has 2 heterocycles. The molecule has 2 aromatic carbocycles. The zero-order valence-corrected chi connectivity index (χ0v) is 17.9. The Morgan fingerprint density at radius 1 is 1.03 bits per heavy atom. The third-order valence-electron chi connectivity index (χ3n) is 6.23. The molecule has 0 aliphatic carbocycles. The average molecular weight is 412 g/mol. The van der Waals surface area contributed by atoms with Crippen LogP contribution in [-0.4, -0.2) is 44.0 Å². The van der Waals surface area contributed by atoms with Gasteiger partial charge in [0.2, 0.25) is 0 Å². The molecule has 0 saturated carbocycles. The van der Waals surface area contributed by atoms with E-state index < -0.39 is 0 Å². The first-order valence-electron chi connectivity index (χ1n) is 10.7. The Kier molecular flexibility index (Phi) is 6.41. The van der Waals surface area contributed by atoms with E-state index in [-0.39, 0.29) is 11.9 Å². The van der Waals surface area contributed by atoms with Crippen LogP contribution < -0.4 is 10.2 Å². The SMILES string of the molecule is CN1CCCc2cc([C@@H](CNC(=O)c3ccc(Cl)cc3)N3CCCCC3)ccc21. The predicted octanol–water partition coefficient (Wildman–Crippen LogP) is 4.68. The molecule has 1 fully saturated rings. The van der Waals surface area contributed by atoms with Crippen LogP contribution in [0.15, 0.2) is 42.5 Å². The molecule has 0 aromatic heterocycles. The zero-order chi connectivity index (χ0) is 20.2. The summed E-state index contributed by atoms with van der Waals surface area (Å²) in [5.41, 5.74) is 4.75. The van der Waals surface area contributed by atoms with Crippen molar-refractivity contribution in [1.29, 1.82) is 0 Å². The summed E-state index contributed by atoms with van der Waals surface area (Å²) in [5.74, 6) is -0.0404. The molecule has 2 aliphatic rings. The highest BCUT2D eigenvalue weighted by molar-refractivity contribution is 6.30. The predicted molar refractivity (Wildman–Crippen MR) is 120 cm³/mol. The summed E-state index contributed by atoms with van der Waals surface area (Å²) in [6.07, 6.45) is 6.10. The fourth-order valence-corrected chi connectivity index (χ4v) is 4.72. The van der Waals surface area contributed by atoms with Crippen molar-refractivity contribution in [2.45, 2.75) is 38.1 Å². The third-order valence-corrected chi connectivity index (χ3v) is 6.48. The molecule has 4 rings (SSSR count). The maximum Gasteiger partial charge on any atom is 0.251 e. The lowest BCUT2D eigenvalue weighted by atomic mass is 9.95. The van der Waals surface area contributed by atoms with E-state index in [1.165, 1.54) is 42.5 Å². The number of hydrogen-bond acceptors (Lipinski definition) is 3. The van der Waals surface area contributed by atoms with Crippen LogP contribution in [-0.2, 0) is 6.42 Å². The van der Waals surface area contributed by atoms with Crippen molar-refractivity contribution in [3.8, 4) is 0 Å². The normalized spacial score (nSPS) is 18.2. The van der Waals surface area contributed by atoms with Gasteiger partial charge in [-0.2, -0.15) is 0 Å². The summed E-state index contributed by atoms with van der Waals surface area (Å²) in [6.45, 7) is 3.94. The van der Waals surface area contributed by atoms with Gasteiger partial charge < -0.3 is 10.2 Å². The molecular formula is C24H30ClN3O. The van der Waals surface area contributed by atoms with Crippen molar-refractivity contribution < 1.29 is 4.79 Å². The highest BCUT2D eigenvalue weighted by Gasteiger charge is 2.25. The van der Waals surface area contributed by atoms with E-state index in [9.17, 15) is 4.79 Å². The number of aryl methyl sites for hydroxylation is 1. The monoisotopic (exact) mass is 411 g/mol. The van der Waals surface area contributed by atoms with E-state index in [1.54, 1.807) is 24.3 Å². The lowest BCUT2D eigenvalue weighted by Gasteiger charge is -2.36. The number of likely N-dealkylation sites (tertiary alicyclic amines) is 1. The molecule has 1 amide bonds. The highest BCUT2D eigenvalue weighted by Crippen LogP contribution is 2.31.